The van der Waals surface area contributed by atoms with Crippen LogP contribution in [0.3, 0.4) is 0 Å². The molecule has 1 saturated carbocycles. The molecule has 1 aromatic carbocycles. The molecule has 2 rings (SSSR count). The van der Waals surface area contributed by atoms with Crippen LogP contribution in [0, 0.1) is 12.8 Å². The van der Waals surface area contributed by atoms with Crippen molar-refractivity contribution in [1.29, 1.82) is 0 Å². The zero-order valence-electron chi connectivity index (χ0n) is 14.2. The Bertz CT molecular complexity index is 754. The highest BCUT2D eigenvalue weighted by atomic mass is 32.2. The third-order valence-electron chi connectivity index (χ3n) is 3.82. The summed E-state index contributed by atoms with van der Waals surface area (Å²) < 4.78 is 30.6. The fourth-order valence-electron chi connectivity index (χ4n) is 1.98. The van der Waals surface area contributed by atoms with Gasteiger partial charge in [-0.3, -0.25) is 9.59 Å². The molecule has 0 spiro atoms. The molecule has 132 valence electrons. The Hall–Kier alpha value is -1.93. The Labute approximate surface area is 142 Å². The highest BCUT2D eigenvalue weighted by molar-refractivity contribution is 7.89. The van der Waals surface area contributed by atoms with Gasteiger partial charge < -0.3 is 10.1 Å². The number of carbonyl (C=O) groups is 2. The van der Waals surface area contributed by atoms with Crippen LogP contribution in [0.5, 0.6) is 0 Å². The lowest BCUT2D eigenvalue weighted by Crippen LogP contribution is -2.30. The molecule has 24 heavy (non-hydrogen) atoms. The number of benzene rings is 1. The molecule has 1 fully saturated rings. The molecule has 1 aliphatic rings. The van der Waals surface area contributed by atoms with Gasteiger partial charge in [0.15, 0.2) is 6.10 Å². The summed E-state index contributed by atoms with van der Waals surface area (Å²) in [5, 5.41) is 2.63. The van der Waals surface area contributed by atoms with Crippen LogP contribution in [0.15, 0.2) is 23.1 Å². The van der Waals surface area contributed by atoms with Gasteiger partial charge in [0, 0.05) is 19.8 Å². The zero-order valence-corrected chi connectivity index (χ0v) is 15.0. The summed E-state index contributed by atoms with van der Waals surface area (Å²) in [4.78, 5) is 23.9. The monoisotopic (exact) mass is 354 g/mol. The number of hydrogen-bond acceptors (Lipinski definition) is 5. The molecular weight excluding hydrogens is 332 g/mol. The van der Waals surface area contributed by atoms with E-state index in [-0.39, 0.29) is 16.8 Å². The van der Waals surface area contributed by atoms with Crippen molar-refractivity contribution < 1.29 is 22.7 Å². The van der Waals surface area contributed by atoms with E-state index in [1.165, 1.54) is 33.2 Å². The molecule has 0 aromatic heterocycles. The van der Waals surface area contributed by atoms with Crippen molar-refractivity contribution >= 4 is 27.6 Å². The molecule has 0 radical (unpaired) electrons. The normalized spacial score (nSPS) is 15.9. The van der Waals surface area contributed by atoms with Crippen molar-refractivity contribution in [3.63, 3.8) is 0 Å². The smallest absolute Gasteiger partial charge is 0.309 e. The highest BCUT2D eigenvalue weighted by Gasteiger charge is 2.33. The minimum Gasteiger partial charge on any atom is -0.452 e. The average Bonchev–Trinajstić information content (AvgIpc) is 3.33. The third-order valence-corrected chi connectivity index (χ3v) is 5.63. The van der Waals surface area contributed by atoms with Gasteiger partial charge in [-0.25, -0.2) is 12.7 Å². The van der Waals surface area contributed by atoms with E-state index in [0.717, 1.165) is 17.1 Å². The largest absolute Gasteiger partial charge is 0.452 e. The van der Waals surface area contributed by atoms with Crippen LogP contribution in [0.25, 0.3) is 0 Å². The second-order valence-electron chi connectivity index (χ2n) is 6.11. The van der Waals surface area contributed by atoms with Crippen molar-refractivity contribution in [2.75, 3.05) is 19.4 Å². The summed E-state index contributed by atoms with van der Waals surface area (Å²) in [6.07, 6.45) is 0.666. The zero-order chi connectivity index (χ0) is 18.1. The summed E-state index contributed by atoms with van der Waals surface area (Å²) in [5.41, 5.74) is 1.08. The Kier molecular flexibility index (Phi) is 5.29. The summed E-state index contributed by atoms with van der Waals surface area (Å²) in [7, 11) is -0.723. The predicted octanol–water partition coefficient (Wildman–Crippen LogP) is 1.53. The SMILES string of the molecule is Cc1ccc(S(=O)(=O)N(C)C)cc1NC(=O)[C@@H](C)OC(=O)C1CC1. The van der Waals surface area contributed by atoms with Gasteiger partial charge in [0.05, 0.1) is 10.8 Å². The molecule has 0 aliphatic heterocycles. The molecule has 0 unspecified atom stereocenters. The van der Waals surface area contributed by atoms with Gasteiger partial charge in [-0.2, -0.15) is 0 Å². The second-order valence-corrected chi connectivity index (χ2v) is 8.26. The van der Waals surface area contributed by atoms with Gasteiger partial charge in [0.2, 0.25) is 10.0 Å². The van der Waals surface area contributed by atoms with Crippen molar-refractivity contribution in [2.24, 2.45) is 5.92 Å². The quantitative estimate of drug-likeness (QED) is 0.782. The average molecular weight is 354 g/mol. The lowest BCUT2D eigenvalue weighted by atomic mass is 10.2. The Balaban J connectivity index is 2.13. The fraction of sp³-hybridized carbons (Fsp3) is 0.500. The molecule has 1 N–H and O–H groups in total. The highest BCUT2D eigenvalue weighted by Crippen LogP contribution is 2.30. The van der Waals surface area contributed by atoms with E-state index in [1.54, 1.807) is 13.0 Å². The Morgan fingerprint density at radius 2 is 1.92 bits per heavy atom. The van der Waals surface area contributed by atoms with Gasteiger partial charge >= 0.3 is 5.97 Å². The minimum atomic E-state index is -3.60. The fourth-order valence-corrected chi connectivity index (χ4v) is 2.91. The standard InChI is InChI=1S/C16H22N2O5S/c1-10-5-8-13(24(21,22)18(3)4)9-14(10)17-15(19)11(2)23-16(20)12-6-7-12/h5,8-9,11-12H,6-7H2,1-4H3,(H,17,19)/t11-/m1/s1. The molecule has 0 bridgehead atoms. The van der Waals surface area contributed by atoms with E-state index in [9.17, 15) is 18.0 Å². The predicted molar refractivity (Wildman–Crippen MR) is 89.0 cm³/mol. The number of aryl methyl sites for hydroxylation is 1. The van der Waals surface area contributed by atoms with Crippen molar-refractivity contribution in [3.05, 3.63) is 23.8 Å². The van der Waals surface area contributed by atoms with E-state index >= 15 is 0 Å². The minimum absolute atomic E-state index is 0.0797. The van der Waals surface area contributed by atoms with Gasteiger partial charge in [-0.05, 0) is 44.4 Å². The van der Waals surface area contributed by atoms with Crippen LogP contribution in [0.1, 0.15) is 25.3 Å². The van der Waals surface area contributed by atoms with Crippen LogP contribution in [-0.4, -0.2) is 44.8 Å². The maximum Gasteiger partial charge on any atom is 0.309 e. The summed E-state index contributed by atoms with van der Waals surface area (Å²) in [5.74, 6) is -0.944. The van der Waals surface area contributed by atoms with E-state index in [1.807, 2.05) is 0 Å². The first-order valence-corrected chi connectivity index (χ1v) is 9.11. The summed E-state index contributed by atoms with van der Waals surface area (Å²) >= 11 is 0. The Morgan fingerprint density at radius 3 is 2.46 bits per heavy atom. The molecule has 1 atom stereocenters. The van der Waals surface area contributed by atoms with E-state index in [0.29, 0.717) is 11.3 Å². The lowest BCUT2D eigenvalue weighted by molar-refractivity contribution is -0.154. The third kappa shape index (κ3) is 4.12. The molecule has 8 heteroatoms. The number of nitrogens with zero attached hydrogens (tertiary/aromatic N) is 1. The molecular formula is C16H22N2O5S. The topological polar surface area (TPSA) is 92.8 Å². The van der Waals surface area contributed by atoms with Crippen LogP contribution < -0.4 is 5.32 Å². The van der Waals surface area contributed by atoms with Crippen LogP contribution in [0.2, 0.25) is 0 Å². The second kappa shape index (κ2) is 6.90. The molecule has 0 heterocycles. The lowest BCUT2D eigenvalue weighted by Gasteiger charge is -2.16. The van der Waals surface area contributed by atoms with Crippen molar-refractivity contribution in [2.45, 2.75) is 37.7 Å². The number of sulfonamides is 1. The Morgan fingerprint density at radius 1 is 1.29 bits per heavy atom. The maximum absolute atomic E-state index is 12.2. The number of ether oxygens (including phenoxy) is 1. The van der Waals surface area contributed by atoms with Gasteiger partial charge in [0.1, 0.15) is 0 Å². The van der Waals surface area contributed by atoms with Gasteiger partial charge in [-0.1, -0.05) is 6.07 Å². The first kappa shape index (κ1) is 18.4. The number of amides is 1. The number of anilines is 1. The number of carbonyl (C=O) groups excluding carboxylic acids is 2. The number of nitrogens with one attached hydrogen (secondary N) is 1. The molecule has 1 aromatic rings. The summed E-state index contributed by atoms with van der Waals surface area (Å²) in [6, 6.07) is 4.50. The van der Waals surface area contributed by atoms with E-state index in [2.05, 4.69) is 5.32 Å². The first-order valence-electron chi connectivity index (χ1n) is 7.67. The number of rotatable bonds is 6. The van der Waals surface area contributed by atoms with Crippen molar-refractivity contribution in [1.82, 2.24) is 4.31 Å². The maximum atomic E-state index is 12.2. The van der Waals surface area contributed by atoms with E-state index in [4.69, 9.17) is 4.74 Å². The molecule has 0 saturated heterocycles. The molecule has 7 nitrogen and oxygen atoms in total. The van der Waals surface area contributed by atoms with Gasteiger partial charge in [-0.15, -0.1) is 0 Å². The van der Waals surface area contributed by atoms with Crippen LogP contribution in [0.4, 0.5) is 5.69 Å². The number of esters is 1. The van der Waals surface area contributed by atoms with Crippen LogP contribution >= 0.6 is 0 Å². The summed E-state index contributed by atoms with van der Waals surface area (Å²) in [6.45, 7) is 3.24. The molecule has 1 amide bonds. The first-order chi connectivity index (χ1) is 11.1. The van der Waals surface area contributed by atoms with Crippen molar-refractivity contribution in [3.8, 4) is 0 Å². The molecule has 1 aliphatic carbocycles. The van der Waals surface area contributed by atoms with Crippen LogP contribution in [-0.2, 0) is 24.3 Å². The number of hydrogen-bond donors (Lipinski definition) is 1. The van der Waals surface area contributed by atoms with Gasteiger partial charge in [0.25, 0.3) is 5.91 Å². The van der Waals surface area contributed by atoms with E-state index < -0.39 is 22.0 Å².